The number of quaternary nitrogens is 1. The zero-order valence-electron chi connectivity index (χ0n) is 16.6. The molecule has 1 aromatic carbocycles. The average Bonchev–Trinajstić information content (AvgIpc) is 3.32. The molecular weight excluding hydrogens is 404 g/mol. The highest BCUT2D eigenvalue weighted by atomic mass is 32.1. The SMILES string of the molecule is Cc1cc([N+](=O)[O-])ccc1-c1ccc([C@H]2NC(=O)c3c(sc4c3CC[NH+](C)C4)N2)o1. The number of amides is 1. The smallest absolute Gasteiger partial charge is 0.269 e. The molecule has 0 bridgehead atoms. The second-order valence-electron chi connectivity index (χ2n) is 7.85. The van der Waals surface area contributed by atoms with Crippen LogP contribution in [0.3, 0.4) is 0 Å². The Morgan fingerprint density at radius 1 is 1.27 bits per heavy atom. The maximum Gasteiger partial charge on any atom is 0.269 e. The predicted octanol–water partition coefficient (Wildman–Crippen LogP) is 2.65. The number of thiophene rings is 1. The minimum Gasteiger partial charge on any atom is -0.457 e. The number of anilines is 1. The number of fused-ring (bicyclic) bond motifs is 3. The van der Waals surface area contributed by atoms with Gasteiger partial charge >= 0.3 is 0 Å². The minimum absolute atomic E-state index is 0.0471. The molecule has 3 aromatic rings. The third-order valence-electron chi connectivity index (χ3n) is 5.73. The van der Waals surface area contributed by atoms with Crippen LogP contribution >= 0.6 is 11.3 Å². The van der Waals surface area contributed by atoms with Crippen molar-refractivity contribution in [1.82, 2.24) is 5.32 Å². The van der Waals surface area contributed by atoms with E-state index in [1.54, 1.807) is 17.4 Å². The first-order chi connectivity index (χ1) is 14.4. The van der Waals surface area contributed by atoms with Crippen LogP contribution in [0.25, 0.3) is 11.3 Å². The number of rotatable bonds is 3. The van der Waals surface area contributed by atoms with Gasteiger partial charge in [-0.1, -0.05) is 0 Å². The molecule has 0 fully saturated rings. The number of likely N-dealkylation sites (N-methyl/N-ethyl adjacent to an activating group) is 1. The van der Waals surface area contributed by atoms with Gasteiger partial charge in [-0.2, -0.15) is 0 Å². The van der Waals surface area contributed by atoms with E-state index < -0.39 is 11.1 Å². The Kier molecular flexibility index (Phi) is 4.37. The highest BCUT2D eigenvalue weighted by Gasteiger charge is 2.34. The number of carbonyl (C=O) groups excluding carboxylic acids is 1. The molecule has 9 heteroatoms. The maximum atomic E-state index is 12.9. The molecule has 0 aliphatic carbocycles. The number of furan rings is 1. The number of non-ortho nitro benzene ring substituents is 1. The van der Waals surface area contributed by atoms with Gasteiger partial charge in [0.15, 0.2) is 6.17 Å². The van der Waals surface area contributed by atoms with Gasteiger partial charge in [0.2, 0.25) is 0 Å². The van der Waals surface area contributed by atoms with Crippen LogP contribution in [0.2, 0.25) is 0 Å². The van der Waals surface area contributed by atoms with Crippen LogP contribution in [0.5, 0.6) is 0 Å². The quantitative estimate of drug-likeness (QED) is 0.442. The maximum absolute atomic E-state index is 12.9. The Bertz CT molecular complexity index is 1180. The van der Waals surface area contributed by atoms with Crippen molar-refractivity contribution in [2.24, 2.45) is 0 Å². The summed E-state index contributed by atoms with van der Waals surface area (Å²) in [6.07, 6.45) is 0.458. The number of carbonyl (C=O) groups is 1. The van der Waals surface area contributed by atoms with E-state index in [1.807, 2.05) is 19.1 Å². The van der Waals surface area contributed by atoms with Gasteiger partial charge in [-0.3, -0.25) is 14.9 Å². The molecule has 2 aromatic heterocycles. The standard InChI is InChI=1S/C21H20N4O4S/c1-11-9-12(25(27)28)3-4-13(11)15-5-6-16(29-15)19-22-20(26)18-14-7-8-24(2)10-17(14)30-21(18)23-19/h3-6,9,19,23H,7-8,10H2,1-2H3,(H,22,26)/p+1/t19-/m0/s1. The Balaban J connectivity index is 1.43. The van der Waals surface area contributed by atoms with Crippen LogP contribution in [-0.2, 0) is 13.0 Å². The third kappa shape index (κ3) is 3.06. The Morgan fingerprint density at radius 3 is 2.87 bits per heavy atom. The summed E-state index contributed by atoms with van der Waals surface area (Å²) in [5.41, 5.74) is 3.53. The van der Waals surface area contributed by atoms with E-state index in [9.17, 15) is 14.9 Å². The van der Waals surface area contributed by atoms with E-state index in [2.05, 4.69) is 17.7 Å². The van der Waals surface area contributed by atoms with Crippen LogP contribution < -0.4 is 15.5 Å². The monoisotopic (exact) mass is 425 g/mol. The van der Waals surface area contributed by atoms with Gasteiger partial charge in [-0.25, -0.2) is 0 Å². The van der Waals surface area contributed by atoms with Gasteiger partial charge < -0.3 is 20.0 Å². The van der Waals surface area contributed by atoms with E-state index in [-0.39, 0.29) is 11.6 Å². The number of nitro groups is 1. The fraction of sp³-hybridized carbons (Fsp3) is 0.286. The molecule has 0 saturated heterocycles. The summed E-state index contributed by atoms with van der Waals surface area (Å²) in [5, 5.41) is 18.3. The first-order valence-corrected chi connectivity index (χ1v) is 10.6. The topological polar surface area (TPSA) is 102 Å². The molecule has 3 N–H and O–H groups in total. The van der Waals surface area contributed by atoms with Crippen molar-refractivity contribution < 1.29 is 19.0 Å². The summed E-state index contributed by atoms with van der Waals surface area (Å²) in [5.74, 6) is 1.13. The summed E-state index contributed by atoms with van der Waals surface area (Å²) < 4.78 is 6.03. The average molecular weight is 425 g/mol. The molecular formula is C21H21N4O4S+. The molecule has 5 rings (SSSR count). The van der Waals surface area contributed by atoms with Gasteiger partial charge in [0.05, 0.1) is 29.0 Å². The summed E-state index contributed by atoms with van der Waals surface area (Å²) in [4.78, 5) is 26.1. The minimum atomic E-state index is -0.456. The van der Waals surface area contributed by atoms with E-state index >= 15 is 0 Å². The molecule has 1 amide bonds. The fourth-order valence-corrected chi connectivity index (χ4v) is 5.55. The molecule has 30 heavy (non-hydrogen) atoms. The van der Waals surface area contributed by atoms with Gasteiger partial charge in [-0.05, 0) is 36.2 Å². The second kappa shape index (κ2) is 6.96. The van der Waals surface area contributed by atoms with Crippen LogP contribution in [-0.4, -0.2) is 24.4 Å². The van der Waals surface area contributed by atoms with Gasteiger partial charge in [0.25, 0.3) is 11.6 Å². The van der Waals surface area contributed by atoms with Crippen molar-refractivity contribution in [3.05, 3.63) is 67.8 Å². The molecule has 0 radical (unpaired) electrons. The van der Waals surface area contributed by atoms with Gasteiger partial charge in [0, 0.05) is 24.1 Å². The Labute approximate surface area is 176 Å². The molecule has 2 aliphatic rings. The van der Waals surface area contributed by atoms with Crippen molar-refractivity contribution in [3.63, 3.8) is 0 Å². The lowest BCUT2D eigenvalue weighted by molar-refractivity contribution is -0.895. The lowest BCUT2D eigenvalue weighted by Crippen LogP contribution is -3.08. The first kappa shape index (κ1) is 18.8. The second-order valence-corrected chi connectivity index (χ2v) is 8.96. The van der Waals surface area contributed by atoms with Crippen molar-refractivity contribution >= 4 is 27.9 Å². The van der Waals surface area contributed by atoms with E-state index in [4.69, 9.17) is 4.42 Å². The number of benzene rings is 1. The lowest BCUT2D eigenvalue weighted by atomic mass is 10.0. The molecule has 154 valence electrons. The van der Waals surface area contributed by atoms with Gasteiger partial charge in [0.1, 0.15) is 23.1 Å². The number of hydrogen-bond acceptors (Lipinski definition) is 6. The molecule has 4 heterocycles. The van der Waals surface area contributed by atoms with Crippen LogP contribution in [0.4, 0.5) is 10.7 Å². The van der Waals surface area contributed by atoms with E-state index in [1.165, 1.54) is 27.5 Å². The number of aryl methyl sites for hydroxylation is 1. The van der Waals surface area contributed by atoms with Crippen molar-refractivity contribution in [2.75, 3.05) is 18.9 Å². The summed E-state index contributed by atoms with van der Waals surface area (Å²) in [6.45, 7) is 3.78. The highest BCUT2D eigenvalue weighted by molar-refractivity contribution is 7.16. The van der Waals surface area contributed by atoms with E-state index in [0.29, 0.717) is 11.5 Å². The zero-order chi connectivity index (χ0) is 21.0. The molecule has 2 aliphatic heterocycles. The molecule has 0 saturated carbocycles. The lowest BCUT2D eigenvalue weighted by Gasteiger charge is -2.25. The normalized spacial score (nSPS) is 20.1. The summed E-state index contributed by atoms with van der Waals surface area (Å²) >= 11 is 1.66. The van der Waals surface area contributed by atoms with Crippen LogP contribution in [0.1, 0.15) is 38.3 Å². The Morgan fingerprint density at radius 2 is 2.10 bits per heavy atom. The van der Waals surface area contributed by atoms with Crippen LogP contribution in [0.15, 0.2) is 34.7 Å². The highest BCUT2D eigenvalue weighted by Crippen LogP contribution is 2.39. The number of nitrogens with zero attached hydrogens (tertiary/aromatic N) is 1. The van der Waals surface area contributed by atoms with Gasteiger partial charge in [-0.15, -0.1) is 11.3 Å². The first-order valence-electron chi connectivity index (χ1n) is 9.79. The number of hydrogen-bond donors (Lipinski definition) is 3. The molecule has 0 spiro atoms. The number of nitrogens with one attached hydrogen (secondary N) is 3. The van der Waals surface area contributed by atoms with E-state index in [0.717, 1.165) is 41.2 Å². The predicted molar refractivity (Wildman–Crippen MR) is 113 cm³/mol. The number of nitro benzene ring substituents is 1. The third-order valence-corrected chi connectivity index (χ3v) is 6.89. The summed E-state index contributed by atoms with van der Waals surface area (Å²) in [6, 6.07) is 8.33. The van der Waals surface area contributed by atoms with Crippen molar-refractivity contribution in [3.8, 4) is 11.3 Å². The van der Waals surface area contributed by atoms with Crippen molar-refractivity contribution in [2.45, 2.75) is 26.1 Å². The molecule has 8 nitrogen and oxygen atoms in total. The fourth-order valence-electron chi connectivity index (χ4n) is 4.17. The van der Waals surface area contributed by atoms with Crippen LogP contribution in [0, 0.1) is 17.0 Å². The van der Waals surface area contributed by atoms with Crippen molar-refractivity contribution in [1.29, 1.82) is 0 Å². The zero-order valence-corrected chi connectivity index (χ0v) is 17.4. The summed E-state index contributed by atoms with van der Waals surface area (Å²) in [7, 11) is 2.17. The molecule has 2 atom stereocenters. The largest absolute Gasteiger partial charge is 0.457 e. The molecule has 1 unspecified atom stereocenters. The Hall–Kier alpha value is -3.17.